The van der Waals surface area contributed by atoms with Gasteiger partial charge in [0.25, 0.3) is 0 Å². The Balaban J connectivity index is 2.77. The molecule has 1 N–H and O–H groups in total. The summed E-state index contributed by atoms with van der Waals surface area (Å²) in [6.07, 6.45) is 0. The molecule has 3 heteroatoms. The van der Waals surface area contributed by atoms with E-state index >= 15 is 0 Å². The van der Waals surface area contributed by atoms with Crippen LogP contribution in [0.15, 0.2) is 30.3 Å². The number of hydrogen-bond donors (Lipinski definition) is 1. The molecular weight excluding hydrogens is 230 g/mol. The summed E-state index contributed by atoms with van der Waals surface area (Å²) in [4.78, 5) is 0. The summed E-state index contributed by atoms with van der Waals surface area (Å²) in [7, 11) is 1.14. The molecule has 0 bridgehead atoms. The molecule has 17 heavy (non-hydrogen) atoms. The maximum absolute atomic E-state index is 12.2. The summed E-state index contributed by atoms with van der Waals surface area (Å²) >= 11 is 0. The van der Waals surface area contributed by atoms with E-state index < -0.39 is 10.8 Å². The molecule has 0 aliphatic rings. The van der Waals surface area contributed by atoms with Gasteiger partial charge in [-0.3, -0.25) is 4.21 Å². The van der Waals surface area contributed by atoms with E-state index in [1.54, 1.807) is 0 Å². The predicted molar refractivity (Wildman–Crippen MR) is 75.6 cm³/mol. The average molecular weight is 253 g/mol. The Bertz CT molecular complexity index is 350. The first-order valence-electron chi connectivity index (χ1n) is 6.15. The lowest BCUT2D eigenvalue weighted by Crippen LogP contribution is -2.32. The molecule has 2 nitrogen and oxygen atoms in total. The molecular formula is C14H23NOS. The molecule has 0 saturated carbocycles. The van der Waals surface area contributed by atoms with Gasteiger partial charge < -0.3 is 5.32 Å². The topological polar surface area (TPSA) is 29.1 Å². The lowest BCUT2D eigenvalue weighted by molar-refractivity contribution is 0.565. The van der Waals surface area contributed by atoms with Gasteiger partial charge in [0.2, 0.25) is 0 Å². The normalized spacial score (nSPS) is 16.8. The van der Waals surface area contributed by atoms with E-state index in [2.05, 4.69) is 38.2 Å². The van der Waals surface area contributed by atoms with Gasteiger partial charge in [-0.1, -0.05) is 44.2 Å². The summed E-state index contributed by atoms with van der Waals surface area (Å²) in [5.74, 6) is 1.25. The smallest absolute Gasteiger partial charge is 0.0514 e. The molecule has 0 radical (unpaired) electrons. The number of nitrogens with one attached hydrogen (secondary N) is 1. The summed E-state index contributed by atoms with van der Waals surface area (Å²) in [5, 5.41) is 3.41. The molecule has 1 rings (SSSR count). The highest BCUT2D eigenvalue weighted by Gasteiger charge is 2.23. The Kier molecular flexibility index (Phi) is 5.86. The molecule has 3 atom stereocenters. The lowest BCUT2D eigenvalue weighted by atomic mass is 10.0. The summed E-state index contributed by atoms with van der Waals surface area (Å²) in [6.45, 7) is 6.29. The van der Waals surface area contributed by atoms with E-state index in [0.717, 1.165) is 5.75 Å². The lowest BCUT2D eigenvalue weighted by Gasteiger charge is -2.24. The minimum atomic E-state index is -0.788. The van der Waals surface area contributed by atoms with E-state index in [-0.39, 0.29) is 11.3 Å². The van der Waals surface area contributed by atoms with Crippen molar-refractivity contribution in [2.45, 2.75) is 32.1 Å². The monoisotopic (exact) mass is 253 g/mol. The minimum Gasteiger partial charge on any atom is -0.312 e. The van der Waals surface area contributed by atoms with Crippen molar-refractivity contribution in [1.29, 1.82) is 0 Å². The van der Waals surface area contributed by atoms with Crippen LogP contribution < -0.4 is 5.32 Å². The largest absolute Gasteiger partial charge is 0.312 e. The van der Waals surface area contributed by atoms with Crippen LogP contribution in [0.5, 0.6) is 0 Å². The molecule has 0 saturated heterocycles. The van der Waals surface area contributed by atoms with Gasteiger partial charge in [-0.2, -0.15) is 0 Å². The SMILES string of the molecule is CNC(c1ccccc1)C(C)S(=O)CC(C)C. The van der Waals surface area contributed by atoms with E-state index in [1.165, 1.54) is 5.56 Å². The second-order valence-corrected chi connectivity index (χ2v) is 6.66. The fraction of sp³-hybridized carbons (Fsp3) is 0.571. The molecule has 0 aromatic heterocycles. The zero-order chi connectivity index (χ0) is 12.8. The molecule has 0 fully saturated rings. The summed E-state index contributed by atoms with van der Waals surface area (Å²) in [5.41, 5.74) is 1.21. The van der Waals surface area contributed by atoms with Crippen LogP contribution >= 0.6 is 0 Å². The van der Waals surface area contributed by atoms with Crippen molar-refractivity contribution in [3.05, 3.63) is 35.9 Å². The van der Waals surface area contributed by atoms with Crippen LogP contribution in [0.2, 0.25) is 0 Å². The van der Waals surface area contributed by atoms with Gasteiger partial charge in [0.1, 0.15) is 0 Å². The Morgan fingerprint density at radius 3 is 2.24 bits per heavy atom. The second kappa shape index (κ2) is 6.92. The van der Waals surface area contributed by atoms with E-state index in [4.69, 9.17) is 0 Å². The van der Waals surface area contributed by atoms with Crippen molar-refractivity contribution < 1.29 is 4.21 Å². The quantitative estimate of drug-likeness (QED) is 0.844. The van der Waals surface area contributed by atoms with Gasteiger partial charge in [-0.05, 0) is 25.5 Å². The van der Waals surface area contributed by atoms with Crippen molar-refractivity contribution in [2.75, 3.05) is 12.8 Å². The molecule has 96 valence electrons. The molecule has 0 aliphatic heterocycles. The van der Waals surface area contributed by atoms with Gasteiger partial charge in [-0.25, -0.2) is 0 Å². The van der Waals surface area contributed by atoms with Gasteiger partial charge in [0.05, 0.1) is 5.25 Å². The summed E-state index contributed by atoms with van der Waals surface area (Å²) < 4.78 is 12.2. The highest BCUT2D eigenvalue weighted by Crippen LogP contribution is 2.21. The number of hydrogen-bond acceptors (Lipinski definition) is 2. The van der Waals surface area contributed by atoms with Crippen molar-refractivity contribution >= 4 is 10.8 Å². The van der Waals surface area contributed by atoms with Crippen LogP contribution in [0.4, 0.5) is 0 Å². The van der Waals surface area contributed by atoms with Crippen molar-refractivity contribution in [3.63, 3.8) is 0 Å². The molecule has 0 spiro atoms. The second-order valence-electron chi connectivity index (χ2n) is 4.82. The van der Waals surface area contributed by atoms with Gasteiger partial charge in [0, 0.05) is 22.6 Å². The first kappa shape index (κ1) is 14.4. The summed E-state index contributed by atoms with van der Waals surface area (Å²) in [6, 6.07) is 10.4. The Morgan fingerprint density at radius 1 is 1.18 bits per heavy atom. The number of rotatable bonds is 6. The third-order valence-electron chi connectivity index (χ3n) is 2.85. The third kappa shape index (κ3) is 4.25. The first-order valence-corrected chi connectivity index (χ1v) is 7.53. The Hall–Kier alpha value is -0.670. The zero-order valence-corrected chi connectivity index (χ0v) is 12.0. The van der Waals surface area contributed by atoms with E-state index in [1.807, 2.05) is 25.2 Å². The van der Waals surface area contributed by atoms with Crippen LogP contribution in [0.25, 0.3) is 0 Å². The number of benzene rings is 1. The fourth-order valence-electron chi connectivity index (χ4n) is 1.96. The highest BCUT2D eigenvalue weighted by atomic mass is 32.2. The van der Waals surface area contributed by atoms with E-state index in [0.29, 0.717) is 5.92 Å². The molecule has 1 aromatic carbocycles. The Morgan fingerprint density at radius 2 is 1.76 bits per heavy atom. The van der Waals surface area contributed by atoms with Crippen LogP contribution in [0, 0.1) is 5.92 Å². The fourth-order valence-corrected chi connectivity index (χ4v) is 3.52. The predicted octanol–water partition coefficient (Wildman–Crippen LogP) is 2.74. The zero-order valence-electron chi connectivity index (χ0n) is 11.1. The first-order chi connectivity index (χ1) is 8.06. The minimum absolute atomic E-state index is 0.129. The molecule has 0 aliphatic carbocycles. The third-order valence-corrected chi connectivity index (χ3v) is 4.95. The molecule has 1 aromatic rings. The van der Waals surface area contributed by atoms with Crippen molar-refractivity contribution in [2.24, 2.45) is 5.92 Å². The molecule has 0 amide bonds. The van der Waals surface area contributed by atoms with Crippen molar-refractivity contribution in [1.82, 2.24) is 5.32 Å². The van der Waals surface area contributed by atoms with Crippen LogP contribution in [-0.2, 0) is 10.8 Å². The molecule has 0 heterocycles. The van der Waals surface area contributed by atoms with E-state index in [9.17, 15) is 4.21 Å². The maximum Gasteiger partial charge on any atom is 0.0514 e. The van der Waals surface area contributed by atoms with Gasteiger partial charge in [-0.15, -0.1) is 0 Å². The maximum atomic E-state index is 12.2. The van der Waals surface area contributed by atoms with Gasteiger partial charge >= 0.3 is 0 Å². The van der Waals surface area contributed by atoms with Crippen LogP contribution in [0.1, 0.15) is 32.4 Å². The highest BCUT2D eigenvalue weighted by molar-refractivity contribution is 7.85. The van der Waals surface area contributed by atoms with Crippen LogP contribution in [0.3, 0.4) is 0 Å². The van der Waals surface area contributed by atoms with Gasteiger partial charge in [0.15, 0.2) is 0 Å². The van der Waals surface area contributed by atoms with Crippen LogP contribution in [-0.4, -0.2) is 22.3 Å². The Labute approximate surface area is 107 Å². The standard InChI is InChI=1S/C14H23NOS/c1-11(2)10-17(16)12(3)14(15-4)13-8-6-5-7-9-13/h5-9,11-12,14-15H,10H2,1-4H3. The van der Waals surface area contributed by atoms with Crippen molar-refractivity contribution in [3.8, 4) is 0 Å². The average Bonchev–Trinajstić information content (AvgIpc) is 2.30. The molecule has 3 unspecified atom stereocenters.